The lowest BCUT2D eigenvalue weighted by Crippen LogP contribution is -2.33. The van der Waals surface area contributed by atoms with Gasteiger partial charge in [-0.05, 0) is 37.8 Å². The standard InChI is InChI=1S/C11H14N2O4S/c1-8(9-2-3-9)12-18(16,17)11-6-4-10(5-7-11)13(14)15/h4-9,12H,2-3H2,1H3/t8-/m0/s1. The number of nitro benzene ring substituents is 1. The first-order valence-electron chi connectivity index (χ1n) is 5.67. The molecule has 0 unspecified atom stereocenters. The van der Waals surface area contributed by atoms with Crippen molar-refractivity contribution < 1.29 is 13.3 Å². The molecule has 0 saturated heterocycles. The molecule has 0 aliphatic heterocycles. The molecule has 0 radical (unpaired) electrons. The molecule has 6 nitrogen and oxygen atoms in total. The summed E-state index contributed by atoms with van der Waals surface area (Å²) in [6, 6.07) is 4.79. The Kier molecular flexibility index (Phi) is 3.36. The second-order valence-electron chi connectivity index (χ2n) is 4.50. The predicted molar refractivity (Wildman–Crippen MR) is 65.6 cm³/mol. The van der Waals surface area contributed by atoms with Crippen molar-refractivity contribution in [2.45, 2.75) is 30.7 Å². The summed E-state index contributed by atoms with van der Waals surface area (Å²) >= 11 is 0. The van der Waals surface area contributed by atoms with Crippen LogP contribution in [-0.4, -0.2) is 19.4 Å². The van der Waals surface area contributed by atoms with Crippen LogP contribution in [0.1, 0.15) is 19.8 Å². The van der Waals surface area contributed by atoms with Crippen molar-refractivity contribution in [2.24, 2.45) is 5.92 Å². The van der Waals surface area contributed by atoms with Gasteiger partial charge in [0.2, 0.25) is 10.0 Å². The molecule has 0 bridgehead atoms. The van der Waals surface area contributed by atoms with Crippen molar-refractivity contribution in [1.82, 2.24) is 4.72 Å². The van der Waals surface area contributed by atoms with Crippen LogP contribution in [-0.2, 0) is 10.0 Å². The Bertz CT molecular complexity index is 549. The Morgan fingerprint density at radius 3 is 2.33 bits per heavy atom. The lowest BCUT2D eigenvalue weighted by Gasteiger charge is -2.12. The first kappa shape index (κ1) is 13.0. The van der Waals surface area contributed by atoms with Crippen molar-refractivity contribution in [3.8, 4) is 0 Å². The lowest BCUT2D eigenvalue weighted by molar-refractivity contribution is -0.384. The number of sulfonamides is 1. The van der Waals surface area contributed by atoms with Crippen LogP contribution in [0.3, 0.4) is 0 Å². The Morgan fingerprint density at radius 2 is 1.89 bits per heavy atom. The fraction of sp³-hybridized carbons (Fsp3) is 0.455. The van der Waals surface area contributed by atoms with Gasteiger partial charge in [0, 0.05) is 18.2 Å². The topological polar surface area (TPSA) is 89.3 Å². The van der Waals surface area contributed by atoms with Gasteiger partial charge in [-0.25, -0.2) is 13.1 Å². The fourth-order valence-corrected chi connectivity index (χ4v) is 3.06. The molecule has 7 heteroatoms. The van der Waals surface area contributed by atoms with Crippen molar-refractivity contribution in [3.63, 3.8) is 0 Å². The highest BCUT2D eigenvalue weighted by Gasteiger charge is 2.31. The normalized spacial score (nSPS) is 17.4. The summed E-state index contributed by atoms with van der Waals surface area (Å²) in [5, 5.41) is 10.5. The first-order chi connectivity index (χ1) is 8.40. The van der Waals surface area contributed by atoms with Gasteiger partial charge in [-0.15, -0.1) is 0 Å². The van der Waals surface area contributed by atoms with E-state index in [9.17, 15) is 18.5 Å². The van der Waals surface area contributed by atoms with E-state index >= 15 is 0 Å². The smallest absolute Gasteiger partial charge is 0.258 e. The average Bonchev–Trinajstić information content (AvgIpc) is 3.12. The first-order valence-corrected chi connectivity index (χ1v) is 7.15. The van der Waals surface area contributed by atoms with Gasteiger partial charge in [-0.2, -0.15) is 0 Å². The van der Waals surface area contributed by atoms with E-state index in [1.165, 1.54) is 24.3 Å². The van der Waals surface area contributed by atoms with E-state index in [1.807, 2.05) is 6.92 Å². The number of hydrogen-bond donors (Lipinski definition) is 1. The van der Waals surface area contributed by atoms with Gasteiger partial charge in [-0.1, -0.05) is 0 Å². The zero-order valence-electron chi connectivity index (χ0n) is 9.87. The van der Waals surface area contributed by atoms with E-state index in [2.05, 4.69) is 4.72 Å². The number of nitrogens with zero attached hydrogens (tertiary/aromatic N) is 1. The number of hydrogen-bond acceptors (Lipinski definition) is 4. The van der Waals surface area contributed by atoms with Crippen LogP contribution < -0.4 is 4.72 Å². The summed E-state index contributed by atoms with van der Waals surface area (Å²) in [6.07, 6.45) is 2.09. The molecule has 0 aromatic heterocycles. The third-order valence-electron chi connectivity index (χ3n) is 3.03. The predicted octanol–water partition coefficient (Wildman–Crippen LogP) is 1.67. The summed E-state index contributed by atoms with van der Waals surface area (Å²) in [5.41, 5.74) is -0.121. The van der Waals surface area contributed by atoms with Gasteiger partial charge < -0.3 is 0 Å². The van der Waals surface area contributed by atoms with Crippen molar-refractivity contribution in [1.29, 1.82) is 0 Å². The van der Waals surface area contributed by atoms with E-state index in [1.54, 1.807) is 0 Å². The van der Waals surface area contributed by atoms with E-state index < -0.39 is 14.9 Å². The second-order valence-corrected chi connectivity index (χ2v) is 6.21. The summed E-state index contributed by atoms with van der Waals surface area (Å²) < 4.78 is 26.5. The lowest BCUT2D eigenvalue weighted by atomic mass is 10.2. The maximum Gasteiger partial charge on any atom is 0.269 e. The molecule has 1 aliphatic rings. The van der Waals surface area contributed by atoms with Crippen molar-refractivity contribution in [2.75, 3.05) is 0 Å². The van der Waals surface area contributed by atoms with Crippen LogP contribution in [0.2, 0.25) is 0 Å². The number of nitro groups is 1. The monoisotopic (exact) mass is 270 g/mol. The maximum atomic E-state index is 12.0. The minimum absolute atomic E-state index is 0.0561. The minimum atomic E-state index is -3.58. The molecule has 1 aromatic carbocycles. The van der Waals surface area contributed by atoms with Gasteiger partial charge in [0.05, 0.1) is 9.82 Å². The Balaban J connectivity index is 2.15. The molecular formula is C11H14N2O4S. The van der Waals surface area contributed by atoms with E-state index in [0.717, 1.165) is 12.8 Å². The van der Waals surface area contributed by atoms with Crippen molar-refractivity contribution in [3.05, 3.63) is 34.4 Å². The van der Waals surface area contributed by atoms with Crippen LogP contribution in [0, 0.1) is 16.0 Å². The highest BCUT2D eigenvalue weighted by Crippen LogP contribution is 2.33. The average molecular weight is 270 g/mol. The number of nitrogens with one attached hydrogen (secondary N) is 1. The Labute approximate surface area is 105 Å². The molecular weight excluding hydrogens is 256 g/mol. The summed E-state index contributed by atoms with van der Waals surface area (Å²) in [6.45, 7) is 1.83. The zero-order valence-corrected chi connectivity index (χ0v) is 10.7. The summed E-state index contributed by atoms with van der Waals surface area (Å²) in [5.74, 6) is 0.415. The third kappa shape index (κ3) is 2.85. The van der Waals surface area contributed by atoms with Crippen LogP contribution in [0.25, 0.3) is 0 Å². The Hall–Kier alpha value is -1.47. The molecule has 0 amide bonds. The Morgan fingerprint density at radius 1 is 1.33 bits per heavy atom. The quantitative estimate of drug-likeness (QED) is 0.651. The van der Waals surface area contributed by atoms with E-state index in [0.29, 0.717) is 5.92 Å². The van der Waals surface area contributed by atoms with E-state index in [4.69, 9.17) is 0 Å². The van der Waals surface area contributed by atoms with Gasteiger partial charge in [0.1, 0.15) is 0 Å². The van der Waals surface area contributed by atoms with Crippen molar-refractivity contribution >= 4 is 15.7 Å². The minimum Gasteiger partial charge on any atom is -0.258 e. The molecule has 0 spiro atoms. The van der Waals surface area contributed by atoms with Crippen LogP contribution in [0.15, 0.2) is 29.2 Å². The molecule has 18 heavy (non-hydrogen) atoms. The van der Waals surface area contributed by atoms with E-state index in [-0.39, 0.29) is 16.6 Å². The number of rotatable bonds is 5. The molecule has 2 rings (SSSR count). The van der Waals surface area contributed by atoms with Gasteiger partial charge in [-0.3, -0.25) is 10.1 Å². The largest absolute Gasteiger partial charge is 0.269 e. The zero-order chi connectivity index (χ0) is 13.3. The fourth-order valence-electron chi connectivity index (χ4n) is 1.75. The summed E-state index contributed by atoms with van der Waals surface area (Å²) in [4.78, 5) is 9.97. The van der Waals surface area contributed by atoms with Gasteiger partial charge in [0.25, 0.3) is 5.69 Å². The molecule has 1 aromatic rings. The molecule has 98 valence electrons. The third-order valence-corrected chi connectivity index (χ3v) is 4.60. The molecule has 1 N–H and O–H groups in total. The molecule has 1 fully saturated rings. The summed E-state index contributed by atoms with van der Waals surface area (Å²) in [7, 11) is -3.58. The molecule has 1 saturated carbocycles. The molecule has 1 atom stereocenters. The van der Waals surface area contributed by atoms with Gasteiger partial charge >= 0.3 is 0 Å². The number of benzene rings is 1. The van der Waals surface area contributed by atoms with Gasteiger partial charge in [0.15, 0.2) is 0 Å². The molecule has 1 aliphatic carbocycles. The van der Waals surface area contributed by atoms with Crippen LogP contribution in [0.4, 0.5) is 5.69 Å². The maximum absolute atomic E-state index is 12.0. The van der Waals surface area contributed by atoms with Crippen LogP contribution in [0.5, 0.6) is 0 Å². The SMILES string of the molecule is C[C@H](NS(=O)(=O)c1ccc([N+](=O)[O-])cc1)C1CC1. The molecule has 0 heterocycles. The highest BCUT2D eigenvalue weighted by molar-refractivity contribution is 7.89. The van der Waals surface area contributed by atoms with Crippen LogP contribution >= 0.6 is 0 Å². The highest BCUT2D eigenvalue weighted by atomic mass is 32.2. The number of non-ortho nitro benzene ring substituents is 1. The second kappa shape index (κ2) is 4.66.